The molecule has 2 unspecified atom stereocenters. The van der Waals surface area contributed by atoms with Crippen LogP contribution in [-0.4, -0.2) is 9.62 Å². The molecule has 4 saturated carbocycles. The number of hydrogen-bond donors (Lipinski definition) is 1. The molecule has 0 radical (unpaired) electrons. The third kappa shape index (κ3) is 1.90. The predicted octanol–water partition coefficient (Wildman–Crippen LogP) is 5.50. The maximum Gasteiger partial charge on any atom is 0.125 e. The standard InChI is InChI=1S/C19H31BrO/c1-17-10-4-3-5-13(17)6-7-14-15(17)8-11-18(2)16(14)9-12-19(18,20)21/h13-16,21H,3-12H2,1-2H3/t13?,14-,15-,16+,17+,18+,19?/m1/s1. The van der Waals surface area contributed by atoms with E-state index in [2.05, 4.69) is 29.8 Å². The Balaban J connectivity index is 1.66. The molecule has 1 nitrogen and oxygen atoms in total. The lowest BCUT2D eigenvalue weighted by Gasteiger charge is -2.60. The Morgan fingerprint density at radius 1 is 0.857 bits per heavy atom. The number of rotatable bonds is 0. The first-order valence-corrected chi connectivity index (χ1v) is 10.1. The van der Waals surface area contributed by atoms with Crippen LogP contribution in [0.5, 0.6) is 0 Å². The summed E-state index contributed by atoms with van der Waals surface area (Å²) in [6.45, 7) is 5.00. The van der Waals surface area contributed by atoms with Crippen LogP contribution >= 0.6 is 15.9 Å². The van der Waals surface area contributed by atoms with Crippen molar-refractivity contribution in [1.29, 1.82) is 0 Å². The summed E-state index contributed by atoms with van der Waals surface area (Å²) in [5, 5.41) is 10.9. The van der Waals surface area contributed by atoms with Crippen LogP contribution in [0, 0.1) is 34.5 Å². The Morgan fingerprint density at radius 2 is 1.62 bits per heavy atom. The number of hydrogen-bond acceptors (Lipinski definition) is 1. The molecule has 120 valence electrons. The van der Waals surface area contributed by atoms with E-state index < -0.39 is 4.51 Å². The Kier molecular flexibility index (Phi) is 3.37. The van der Waals surface area contributed by atoms with Gasteiger partial charge in [0.05, 0.1) is 0 Å². The monoisotopic (exact) mass is 354 g/mol. The molecule has 0 aromatic rings. The first kappa shape index (κ1) is 15.0. The van der Waals surface area contributed by atoms with E-state index in [1.54, 1.807) is 0 Å². The molecule has 4 rings (SSSR count). The third-order valence-electron chi connectivity index (χ3n) is 8.63. The van der Waals surface area contributed by atoms with Crippen LogP contribution in [0.2, 0.25) is 0 Å². The lowest BCUT2D eigenvalue weighted by Crippen LogP contribution is -2.54. The van der Waals surface area contributed by atoms with Gasteiger partial charge in [-0.05, 0) is 80.5 Å². The zero-order chi connectivity index (χ0) is 14.9. The predicted molar refractivity (Wildman–Crippen MR) is 90.2 cm³/mol. The van der Waals surface area contributed by atoms with E-state index in [0.717, 1.165) is 30.1 Å². The fraction of sp³-hybridized carbons (Fsp3) is 1.00. The van der Waals surface area contributed by atoms with E-state index in [1.165, 1.54) is 57.8 Å². The molecule has 0 heterocycles. The summed E-state index contributed by atoms with van der Waals surface area (Å²) in [6, 6.07) is 0. The molecule has 1 N–H and O–H groups in total. The Bertz CT molecular complexity index is 433. The van der Waals surface area contributed by atoms with Crippen molar-refractivity contribution in [2.75, 3.05) is 0 Å². The minimum atomic E-state index is -0.597. The van der Waals surface area contributed by atoms with Crippen molar-refractivity contribution in [3.05, 3.63) is 0 Å². The van der Waals surface area contributed by atoms with Crippen LogP contribution in [0.15, 0.2) is 0 Å². The molecule has 0 saturated heterocycles. The van der Waals surface area contributed by atoms with Crippen LogP contribution < -0.4 is 0 Å². The second kappa shape index (κ2) is 4.72. The van der Waals surface area contributed by atoms with Gasteiger partial charge in [0.1, 0.15) is 4.51 Å². The highest BCUT2D eigenvalue weighted by molar-refractivity contribution is 9.10. The molecule has 0 amide bonds. The van der Waals surface area contributed by atoms with Gasteiger partial charge >= 0.3 is 0 Å². The maximum atomic E-state index is 10.9. The van der Waals surface area contributed by atoms with E-state index in [-0.39, 0.29) is 5.41 Å². The SMILES string of the molecule is C[C@]12CCCCC1CC[C@@H]1[C@H]2CC[C@@]2(C)[C@H]1CCC2(O)Br. The summed E-state index contributed by atoms with van der Waals surface area (Å²) in [7, 11) is 0. The van der Waals surface area contributed by atoms with Gasteiger partial charge in [0.2, 0.25) is 0 Å². The lowest BCUT2D eigenvalue weighted by molar-refractivity contribution is -0.125. The molecule has 0 spiro atoms. The van der Waals surface area contributed by atoms with Gasteiger partial charge in [0.15, 0.2) is 0 Å². The summed E-state index contributed by atoms with van der Waals surface area (Å²) in [5.74, 6) is 3.58. The minimum Gasteiger partial charge on any atom is -0.378 e. The van der Waals surface area contributed by atoms with Gasteiger partial charge in [0.25, 0.3) is 0 Å². The molecule has 21 heavy (non-hydrogen) atoms. The van der Waals surface area contributed by atoms with Crippen molar-refractivity contribution < 1.29 is 5.11 Å². The van der Waals surface area contributed by atoms with E-state index >= 15 is 0 Å². The molecule has 0 aromatic carbocycles. The Morgan fingerprint density at radius 3 is 2.43 bits per heavy atom. The fourth-order valence-electron chi connectivity index (χ4n) is 7.26. The number of fused-ring (bicyclic) bond motifs is 5. The summed E-state index contributed by atoms with van der Waals surface area (Å²) >= 11 is 3.69. The van der Waals surface area contributed by atoms with Crippen LogP contribution in [0.3, 0.4) is 0 Å². The Hall–Kier alpha value is 0.440. The largest absolute Gasteiger partial charge is 0.378 e. The van der Waals surface area contributed by atoms with Gasteiger partial charge in [-0.2, -0.15) is 0 Å². The van der Waals surface area contributed by atoms with Crippen molar-refractivity contribution in [2.45, 2.75) is 82.6 Å². The van der Waals surface area contributed by atoms with Crippen molar-refractivity contribution in [2.24, 2.45) is 34.5 Å². The highest BCUT2D eigenvalue weighted by Gasteiger charge is 2.63. The first-order chi connectivity index (χ1) is 9.88. The summed E-state index contributed by atoms with van der Waals surface area (Å²) < 4.78 is -0.597. The molecule has 4 aliphatic carbocycles. The second-order valence-electron chi connectivity index (χ2n) is 9.16. The molecule has 7 atom stereocenters. The van der Waals surface area contributed by atoms with Gasteiger partial charge < -0.3 is 5.11 Å². The van der Waals surface area contributed by atoms with Gasteiger partial charge in [-0.3, -0.25) is 0 Å². The van der Waals surface area contributed by atoms with Gasteiger partial charge in [0, 0.05) is 5.41 Å². The molecular formula is C19H31BrO. The molecule has 4 fully saturated rings. The van der Waals surface area contributed by atoms with Crippen molar-refractivity contribution >= 4 is 15.9 Å². The highest BCUT2D eigenvalue weighted by Crippen LogP contribution is 2.69. The number of alkyl halides is 1. The van der Waals surface area contributed by atoms with Gasteiger partial charge in [-0.1, -0.05) is 42.6 Å². The molecule has 0 bridgehead atoms. The first-order valence-electron chi connectivity index (χ1n) is 9.30. The Labute approximate surface area is 138 Å². The zero-order valence-corrected chi connectivity index (χ0v) is 15.3. The highest BCUT2D eigenvalue weighted by atomic mass is 79.9. The minimum absolute atomic E-state index is 0.117. The molecule has 2 heteroatoms. The average Bonchev–Trinajstić information content (AvgIpc) is 2.69. The molecule has 0 aliphatic heterocycles. The number of aliphatic hydroxyl groups is 1. The van der Waals surface area contributed by atoms with Crippen LogP contribution in [0.1, 0.15) is 78.1 Å². The van der Waals surface area contributed by atoms with Gasteiger partial charge in [-0.25, -0.2) is 0 Å². The molecule has 0 aromatic heterocycles. The number of halogens is 1. The summed E-state index contributed by atoms with van der Waals surface area (Å²) in [5.41, 5.74) is 0.738. The lowest BCUT2D eigenvalue weighted by atomic mass is 9.45. The van der Waals surface area contributed by atoms with Gasteiger partial charge in [-0.15, -0.1) is 0 Å². The van der Waals surface area contributed by atoms with Crippen LogP contribution in [-0.2, 0) is 0 Å². The van der Waals surface area contributed by atoms with E-state index in [0.29, 0.717) is 5.41 Å². The molecule has 4 aliphatic rings. The molecular weight excluding hydrogens is 324 g/mol. The van der Waals surface area contributed by atoms with E-state index in [9.17, 15) is 5.11 Å². The van der Waals surface area contributed by atoms with Crippen LogP contribution in [0.25, 0.3) is 0 Å². The third-order valence-corrected chi connectivity index (χ3v) is 9.94. The quantitative estimate of drug-likeness (QED) is 0.569. The van der Waals surface area contributed by atoms with Crippen molar-refractivity contribution in [3.63, 3.8) is 0 Å². The van der Waals surface area contributed by atoms with E-state index in [1.807, 2.05) is 0 Å². The topological polar surface area (TPSA) is 20.2 Å². The summed E-state index contributed by atoms with van der Waals surface area (Å²) in [6.07, 6.45) is 13.6. The average molecular weight is 355 g/mol. The summed E-state index contributed by atoms with van der Waals surface area (Å²) in [4.78, 5) is 0. The van der Waals surface area contributed by atoms with Crippen molar-refractivity contribution in [1.82, 2.24) is 0 Å². The smallest absolute Gasteiger partial charge is 0.125 e. The second-order valence-corrected chi connectivity index (χ2v) is 10.5. The van der Waals surface area contributed by atoms with Crippen molar-refractivity contribution in [3.8, 4) is 0 Å². The van der Waals surface area contributed by atoms with Crippen LogP contribution in [0.4, 0.5) is 0 Å². The normalized spacial score (nSPS) is 60.0. The zero-order valence-electron chi connectivity index (χ0n) is 13.7. The fourth-order valence-corrected chi connectivity index (χ4v) is 7.98. The maximum absolute atomic E-state index is 10.9. The van der Waals surface area contributed by atoms with E-state index in [4.69, 9.17) is 0 Å².